The minimum atomic E-state index is -0.518. The number of nitrogens with zero attached hydrogens (tertiary/aromatic N) is 4. The number of hydrogen-bond acceptors (Lipinski definition) is 7. The van der Waals surface area contributed by atoms with Gasteiger partial charge in [-0.3, -0.25) is 14.3 Å². The molecule has 3 amide bonds. The summed E-state index contributed by atoms with van der Waals surface area (Å²) < 4.78 is 13.4. The number of nitrogens with one attached hydrogen (secondary N) is 3. The van der Waals surface area contributed by atoms with Crippen molar-refractivity contribution in [1.82, 2.24) is 24.6 Å². The number of H-pyrrole nitrogens is 1. The normalized spacial score (nSPS) is 13.1. The molecule has 1 aliphatic rings. The quantitative estimate of drug-likeness (QED) is 0.144. The second-order valence-electron chi connectivity index (χ2n) is 12.7. The van der Waals surface area contributed by atoms with Gasteiger partial charge in [-0.2, -0.15) is 5.10 Å². The van der Waals surface area contributed by atoms with Crippen LogP contribution in [0.4, 0.5) is 16.2 Å². The van der Waals surface area contributed by atoms with Crippen molar-refractivity contribution in [3.05, 3.63) is 94.5 Å². The first kappa shape index (κ1) is 34.0. The van der Waals surface area contributed by atoms with Crippen LogP contribution in [-0.2, 0) is 7.05 Å². The molecule has 0 spiro atoms. The van der Waals surface area contributed by atoms with Crippen LogP contribution in [0.1, 0.15) is 44.1 Å². The first-order valence-corrected chi connectivity index (χ1v) is 16.3. The lowest BCUT2D eigenvalue weighted by Crippen LogP contribution is -2.29. The molecular formula is C38H41N7O5. The Morgan fingerprint density at radius 2 is 1.76 bits per heavy atom. The van der Waals surface area contributed by atoms with Crippen LogP contribution in [0.15, 0.2) is 66.4 Å². The van der Waals surface area contributed by atoms with Gasteiger partial charge in [0, 0.05) is 65.3 Å². The van der Waals surface area contributed by atoms with Gasteiger partial charge in [-0.1, -0.05) is 6.07 Å². The number of aromatic amines is 1. The van der Waals surface area contributed by atoms with Crippen LogP contribution in [0, 0.1) is 13.8 Å². The van der Waals surface area contributed by atoms with Crippen molar-refractivity contribution in [2.75, 3.05) is 52.0 Å². The van der Waals surface area contributed by atoms with Gasteiger partial charge in [0.05, 0.1) is 24.1 Å². The molecule has 1 aliphatic heterocycles. The van der Waals surface area contributed by atoms with E-state index in [1.807, 2.05) is 57.9 Å². The Labute approximate surface area is 290 Å². The highest BCUT2D eigenvalue weighted by molar-refractivity contribution is 6.16. The highest BCUT2D eigenvalue weighted by atomic mass is 16.5. The molecule has 0 fully saturated rings. The maximum absolute atomic E-state index is 13.7. The zero-order chi connectivity index (χ0) is 35.7. The summed E-state index contributed by atoms with van der Waals surface area (Å²) in [6.45, 7) is 5.45. The number of allylic oxidation sites excluding steroid dienone is 1. The van der Waals surface area contributed by atoms with Gasteiger partial charge < -0.3 is 34.9 Å². The summed E-state index contributed by atoms with van der Waals surface area (Å²) in [5, 5.41) is 11.0. The lowest BCUT2D eigenvalue weighted by molar-refractivity contribution is 0.0790. The van der Waals surface area contributed by atoms with Gasteiger partial charge in [0.25, 0.3) is 5.91 Å². The van der Waals surface area contributed by atoms with E-state index in [4.69, 9.17) is 9.47 Å². The Morgan fingerprint density at radius 3 is 2.46 bits per heavy atom. The molecule has 6 rings (SSSR count). The number of amides is 3. The van der Waals surface area contributed by atoms with Crippen molar-refractivity contribution in [2.24, 2.45) is 7.05 Å². The molecule has 3 N–H and O–H groups in total. The van der Waals surface area contributed by atoms with Gasteiger partial charge in [-0.25, -0.2) is 4.79 Å². The molecular weight excluding hydrogens is 634 g/mol. The largest absolute Gasteiger partial charge is 0.497 e. The van der Waals surface area contributed by atoms with E-state index >= 15 is 0 Å². The molecule has 0 bridgehead atoms. The van der Waals surface area contributed by atoms with Crippen LogP contribution in [0.25, 0.3) is 28.2 Å². The lowest BCUT2D eigenvalue weighted by Gasteiger charge is -2.19. The van der Waals surface area contributed by atoms with E-state index in [2.05, 4.69) is 25.6 Å². The van der Waals surface area contributed by atoms with E-state index in [-0.39, 0.29) is 17.4 Å². The van der Waals surface area contributed by atoms with Crippen LogP contribution >= 0.6 is 0 Å². The molecule has 50 heavy (non-hydrogen) atoms. The number of methoxy groups -OCH3 is 1. The second kappa shape index (κ2) is 13.9. The van der Waals surface area contributed by atoms with Crippen molar-refractivity contribution in [3.63, 3.8) is 0 Å². The molecule has 2 aromatic heterocycles. The van der Waals surface area contributed by atoms with E-state index in [1.54, 1.807) is 67.6 Å². The Hall–Kier alpha value is -5.88. The van der Waals surface area contributed by atoms with Crippen molar-refractivity contribution in [3.8, 4) is 22.8 Å². The molecule has 3 heterocycles. The molecule has 0 aliphatic carbocycles. The van der Waals surface area contributed by atoms with Gasteiger partial charge in [0.15, 0.2) is 5.76 Å². The number of rotatable bonds is 10. The standard InChI is InChI=1S/C38H41N7O5/c1-22-34(23(2)45(6)42-22)35-29(28-20-27(49-7)13-14-31(28)41-35)21-33-36(46)30-19-26(12-15-32(30)50-33)40-38(48)39-25-11-8-10-24(18-25)37(47)44(5)17-9-16-43(3)4/h8,10-15,18-21,41H,9,16-17H2,1-7H3,(H2,39,40,48)/b33-21-. The van der Waals surface area contributed by atoms with E-state index < -0.39 is 6.03 Å². The van der Waals surface area contributed by atoms with Crippen LogP contribution in [0.5, 0.6) is 11.5 Å². The summed E-state index contributed by atoms with van der Waals surface area (Å²) in [6.07, 6.45) is 2.60. The highest BCUT2D eigenvalue weighted by Gasteiger charge is 2.29. The summed E-state index contributed by atoms with van der Waals surface area (Å²) in [5.74, 6) is 0.783. The first-order chi connectivity index (χ1) is 23.9. The number of aromatic nitrogens is 3. The third-order valence-corrected chi connectivity index (χ3v) is 8.82. The fraction of sp³-hybridized carbons (Fsp3) is 0.263. The summed E-state index contributed by atoms with van der Waals surface area (Å²) in [6, 6.07) is 16.9. The van der Waals surface area contributed by atoms with E-state index in [0.29, 0.717) is 40.5 Å². The maximum Gasteiger partial charge on any atom is 0.323 e. The van der Waals surface area contributed by atoms with Crippen LogP contribution < -0.4 is 20.1 Å². The zero-order valence-electron chi connectivity index (χ0n) is 29.3. The summed E-state index contributed by atoms with van der Waals surface area (Å²) in [4.78, 5) is 47.0. The number of carbonyl (C=O) groups excluding carboxylic acids is 3. The molecule has 12 heteroatoms. The third-order valence-electron chi connectivity index (χ3n) is 8.82. The first-order valence-electron chi connectivity index (χ1n) is 16.3. The van der Waals surface area contributed by atoms with Gasteiger partial charge in [-0.05, 0) is 102 Å². The molecule has 0 saturated heterocycles. The average molecular weight is 676 g/mol. The van der Waals surface area contributed by atoms with Crippen molar-refractivity contribution >= 4 is 46.1 Å². The number of Topliss-reactive ketones (excluding diaryl/α,β-unsaturated/α-hetero) is 1. The minimum Gasteiger partial charge on any atom is -0.497 e. The average Bonchev–Trinajstić information content (AvgIpc) is 3.68. The molecule has 12 nitrogen and oxygen atoms in total. The molecule has 0 unspecified atom stereocenters. The molecule has 0 atom stereocenters. The van der Waals surface area contributed by atoms with Gasteiger partial charge in [-0.15, -0.1) is 0 Å². The molecule has 3 aromatic carbocycles. The van der Waals surface area contributed by atoms with Gasteiger partial charge in [0.2, 0.25) is 5.78 Å². The molecule has 0 radical (unpaired) electrons. The molecule has 258 valence electrons. The number of ether oxygens (including phenoxy) is 2. The summed E-state index contributed by atoms with van der Waals surface area (Å²) in [5.41, 5.74) is 6.89. The predicted octanol–water partition coefficient (Wildman–Crippen LogP) is 6.48. The zero-order valence-corrected chi connectivity index (χ0v) is 29.3. The predicted molar refractivity (Wildman–Crippen MR) is 195 cm³/mol. The number of urea groups is 1. The maximum atomic E-state index is 13.7. The topological polar surface area (TPSA) is 134 Å². The number of carbonyl (C=O) groups is 3. The van der Waals surface area contributed by atoms with Crippen LogP contribution in [-0.4, -0.2) is 83.6 Å². The number of aryl methyl sites for hydroxylation is 2. The van der Waals surface area contributed by atoms with E-state index in [9.17, 15) is 14.4 Å². The Morgan fingerprint density at radius 1 is 1.00 bits per heavy atom. The number of hydrogen-bond donors (Lipinski definition) is 3. The highest BCUT2D eigenvalue weighted by Crippen LogP contribution is 2.39. The van der Waals surface area contributed by atoms with E-state index in [1.165, 1.54) is 0 Å². The van der Waals surface area contributed by atoms with Crippen molar-refractivity contribution in [1.29, 1.82) is 0 Å². The lowest BCUT2D eigenvalue weighted by atomic mass is 10.0. The minimum absolute atomic E-state index is 0.126. The smallest absolute Gasteiger partial charge is 0.323 e. The summed E-state index contributed by atoms with van der Waals surface area (Å²) >= 11 is 0. The van der Waals surface area contributed by atoms with Crippen molar-refractivity contribution < 1.29 is 23.9 Å². The van der Waals surface area contributed by atoms with Crippen molar-refractivity contribution in [2.45, 2.75) is 20.3 Å². The number of anilines is 2. The number of ketones is 1. The van der Waals surface area contributed by atoms with Crippen LogP contribution in [0.2, 0.25) is 0 Å². The SMILES string of the molecule is COc1ccc2[nH]c(-c3c(C)nn(C)c3C)c(/C=C3\Oc4ccc(NC(=O)Nc5cccc(C(=O)N(C)CCCN(C)C)c5)cc4C3=O)c2c1. The fourth-order valence-corrected chi connectivity index (χ4v) is 6.17. The fourth-order valence-electron chi connectivity index (χ4n) is 6.17. The second-order valence-corrected chi connectivity index (χ2v) is 12.7. The number of fused-ring (bicyclic) bond motifs is 2. The summed E-state index contributed by atoms with van der Waals surface area (Å²) in [7, 11) is 9.27. The number of benzene rings is 3. The Kier molecular flexibility index (Phi) is 9.47. The van der Waals surface area contributed by atoms with Crippen LogP contribution in [0.3, 0.4) is 0 Å². The Balaban J connectivity index is 1.21. The molecule has 5 aromatic rings. The monoisotopic (exact) mass is 675 g/mol. The van der Waals surface area contributed by atoms with Gasteiger partial charge >= 0.3 is 6.03 Å². The van der Waals surface area contributed by atoms with E-state index in [0.717, 1.165) is 52.1 Å². The molecule has 0 saturated carbocycles. The Bertz CT molecular complexity index is 2160. The third kappa shape index (κ3) is 6.83. The van der Waals surface area contributed by atoms with Gasteiger partial charge in [0.1, 0.15) is 11.5 Å².